The van der Waals surface area contributed by atoms with Crippen LogP contribution in [-0.2, 0) is 4.79 Å². The second-order valence-corrected chi connectivity index (χ2v) is 6.38. The molecule has 135 valence electrons. The van der Waals surface area contributed by atoms with E-state index >= 15 is 0 Å². The molecule has 0 saturated carbocycles. The van der Waals surface area contributed by atoms with Crippen molar-refractivity contribution in [1.82, 2.24) is 0 Å². The molecule has 0 unspecified atom stereocenters. The molecule has 2 rings (SSSR count). The van der Waals surface area contributed by atoms with Gasteiger partial charge in [0.1, 0.15) is 5.78 Å². The van der Waals surface area contributed by atoms with Gasteiger partial charge in [0.05, 0.1) is 0 Å². The lowest BCUT2D eigenvalue weighted by molar-refractivity contribution is -0.117. The summed E-state index contributed by atoms with van der Waals surface area (Å²) in [7, 11) is 2.09. The van der Waals surface area contributed by atoms with Gasteiger partial charge in [0, 0.05) is 32.1 Å². The summed E-state index contributed by atoms with van der Waals surface area (Å²) in [6, 6.07) is 15.2. The summed E-state index contributed by atoms with van der Waals surface area (Å²) >= 11 is 0. The maximum Gasteiger partial charge on any atom is 0.129 e. The summed E-state index contributed by atoms with van der Waals surface area (Å²) < 4.78 is 0. The number of hydrogen-bond donors (Lipinski definition) is 0. The SMILES string of the molecule is CC.CC(=O)CCCN(C)c1cc(C)cc([CH]c2ccc(C)cc2)c1. The second kappa shape index (κ2) is 10.7. The van der Waals surface area contributed by atoms with E-state index in [0.717, 1.165) is 13.0 Å². The van der Waals surface area contributed by atoms with Crippen LogP contribution in [0.3, 0.4) is 0 Å². The number of aryl methyl sites for hydroxylation is 2. The zero-order valence-corrected chi connectivity index (χ0v) is 16.6. The molecule has 0 bridgehead atoms. The van der Waals surface area contributed by atoms with Gasteiger partial charge in [-0.1, -0.05) is 49.7 Å². The lowest BCUT2D eigenvalue weighted by atomic mass is 10.0. The highest BCUT2D eigenvalue weighted by Gasteiger charge is 2.06. The number of carbonyl (C=O) groups is 1. The van der Waals surface area contributed by atoms with Gasteiger partial charge >= 0.3 is 0 Å². The lowest BCUT2D eigenvalue weighted by Crippen LogP contribution is -2.19. The van der Waals surface area contributed by atoms with Crippen molar-refractivity contribution in [2.24, 2.45) is 0 Å². The van der Waals surface area contributed by atoms with Gasteiger partial charge in [-0.25, -0.2) is 0 Å². The Morgan fingerprint density at radius 1 is 0.960 bits per heavy atom. The van der Waals surface area contributed by atoms with Crippen LogP contribution < -0.4 is 4.90 Å². The van der Waals surface area contributed by atoms with Gasteiger partial charge < -0.3 is 9.69 Å². The monoisotopic (exact) mass is 338 g/mol. The fraction of sp³-hybridized carbons (Fsp3) is 0.391. The van der Waals surface area contributed by atoms with Crippen LogP contribution in [0.2, 0.25) is 0 Å². The van der Waals surface area contributed by atoms with Crippen LogP contribution in [0.25, 0.3) is 0 Å². The van der Waals surface area contributed by atoms with Crippen LogP contribution in [0, 0.1) is 20.3 Å². The third-order valence-electron chi connectivity index (χ3n) is 3.96. The molecule has 25 heavy (non-hydrogen) atoms. The van der Waals surface area contributed by atoms with Crippen molar-refractivity contribution in [1.29, 1.82) is 0 Å². The van der Waals surface area contributed by atoms with Crippen LogP contribution in [0.4, 0.5) is 5.69 Å². The Balaban J connectivity index is 0.00000151. The lowest BCUT2D eigenvalue weighted by Gasteiger charge is -2.20. The molecule has 0 fully saturated rings. The highest BCUT2D eigenvalue weighted by Crippen LogP contribution is 2.22. The van der Waals surface area contributed by atoms with Crippen LogP contribution >= 0.6 is 0 Å². The Morgan fingerprint density at radius 3 is 2.20 bits per heavy atom. The maximum atomic E-state index is 11.1. The Hall–Kier alpha value is -2.09. The quantitative estimate of drug-likeness (QED) is 0.642. The maximum absolute atomic E-state index is 11.1. The Bertz CT molecular complexity index is 658. The summed E-state index contributed by atoms with van der Waals surface area (Å²) in [6.07, 6.45) is 3.76. The zero-order valence-electron chi connectivity index (χ0n) is 16.6. The Kier molecular flexibility index (Phi) is 8.98. The molecule has 0 N–H and O–H groups in total. The van der Waals surface area contributed by atoms with Gasteiger partial charge in [0.2, 0.25) is 0 Å². The largest absolute Gasteiger partial charge is 0.375 e. The van der Waals surface area contributed by atoms with Crippen molar-refractivity contribution in [3.05, 3.63) is 71.1 Å². The van der Waals surface area contributed by atoms with E-state index in [9.17, 15) is 4.79 Å². The highest BCUT2D eigenvalue weighted by molar-refractivity contribution is 5.75. The number of hydrogen-bond acceptors (Lipinski definition) is 2. The molecule has 2 aromatic carbocycles. The van der Waals surface area contributed by atoms with Crippen molar-refractivity contribution in [2.45, 2.75) is 47.5 Å². The fourth-order valence-electron chi connectivity index (χ4n) is 2.65. The van der Waals surface area contributed by atoms with Crippen molar-refractivity contribution in [3.8, 4) is 0 Å². The van der Waals surface area contributed by atoms with E-state index in [-0.39, 0.29) is 5.78 Å². The molecule has 0 aliphatic heterocycles. The molecule has 0 aliphatic rings. The van der Waals surface area contributed by atoms with Crippen LogP contribution in [0.1, 0.15) is 55.9 Å². The first-order chi connectivity index (χ1) is 11.9. The van der Waals surface area contributed by atoms with Gasteiger partial charge in [0.15, 0.2) is 0 Å². The second-order valence-electron chi connectivity index (χ2n) is 6.38. The van der Waals surface area contributed by atoms with Gasteiger partial charge in [0.25, 0.3) is 0 Å². The van der Waals surface area contributed by atoms with E-state index < -0.39 is 0 Å². The van der Waals surface area contributed by atoms with E-state index in [1.54, 1.807) is 6.92 Å². The summed E-state index contributed by atoms with van der Waals surface area (Å²) in [5.74, 6) is 0.260. The van der Waals surface area contributed by atoms with Gasteiger partial charge in [-0.15, -0.1) is 0 Å². The van der Waals surface area contributed by atoms with Crippen molar-refractivity contribution in [3.63, 3.8) is 0 Å². The van der Waals surface area contributed by atoms with Crippen LogP contribution in [0.5, 0.6) is 0 Å². The summed E-state index contributed by atoms with van der Waals surface area (Å²) in [6.45, 7) is 10.8. The number of nitrogens with zero attached hydrogens (tertiary/aromatic N) is 1. The number of anilines is 1. The first-order valence-corrected chi connectivity index (χ1v) is 9.18. The molecule has 0 heterocycles. The van der Waals surface area contributed by atoms with E-state index in [0.29, 0.717) is 6.42 Å². The molecular formula is C23H32NO. The Morgan fingerprint density at radius 2 is 1.60 bits per heavy atom. The van der Waals surface area contributed by atoms with E-state index in [4.69, 9.17) is 0 Å². The molecule has 1 radical (unpaired) electrons. The van der Waals surface area contributed by atoms with Crippen LogP contribution in [-0.4, -0.2) is 19.4 Å². The average molecular weight is 339 g/mol. The average Bonchev–Trinajstić information content (AvgIpc) is 2.58. The highest BCUT2D eigenvalue weighted by atomic mass is 16.1. The molecule has 0 saturated heterocycles. The third kappa shape index (κ3) is 7.55. The van der Waals surface area contributed by atoms with Gasteiger partial charge in [-0.05, 0) is 56.0 Å². The van der Waals surface area contributed by atoms with Gasteiger partial charge in [-0.2, -0.15) is 0 Å². The molecule has 0 spiro atoms. The standard InChI is InChI=1S/C21H26NO.C2H6/c1-16-7-9-19(10-8-16)14-20-12-17(2)13-21(15-20)22(4)11-5-6-18(3)23;1-2/h7-10,12-15H,5-6,11H2,1-4H3;1-2H3. The molecular weight excluding hydrogens is 306 g/mol. The van der Waals surface area contributed by atoms with Crippen LogP contribution in [0.15, 0.2) is 42.5 Å². The van der Waals surface area contributed by atoms with Gasteiger partial charge in [-0.3, -0.25) is 0 Å². The predicted octanol–water partition coefficient (Wildman–Crippen LogP) is 5.74. The Labute approximate surface area is 153 Å². The van der Waals surface area contributed by atoms with Crippen molar-refractivity contribution < 1.29 is 4.79 Å². The number of Topliss-reactive ketones (excluding diaryl/α,β-unsaturated/α-hetero) is 1. The first-order valence-electron chi connectivity index (χ1n) is 9.18. The molecule has 0 atom stereocenters. The van der Waals surface area contributed by atoms with E-state index in [1.165, 1.54) is 27.9 Å². The summed E-state index contributed by atoms with van der Waals surface area (Å²) in [5, 5.41) is 0. The number of ketones is 1. The molecule has 2 nitrogen and oxygen atoms in total. The first kappa shape index (κ1) is 21.0. The minimum atomic E-state index is 0.260. The number of carbonyl (C=O) groups excluding carboxylic acids is 1. The molecule has 2 heteroatoms. The minimum Gasteiger partial charge on any atom is -0.375 e. The third-order valence-corrected chi connectivity index (χ3v) is 3.96. The molecule has 0 amide bonds. The minimum absolute atomic E-state index is 0.260. The molecule has 2 aromatic rings. The summed E-state index contributed by atoms with van der Waals surface area (Å²) in [4.78, 5) is 13.3. The smallest absolute Gasteiger partial charge is 0.129 e. The zero-order chi connectivity index (χ0) is 18.8. The molecule has 0 aliphatic carbocycles. The van der Waals surface area contributed by atoms with Crippen molar-refractivity contribution >= 4 is 11.5 Å². The van der Waals surface area contributed by atoms with E-state index in [2.05, 4.69) is 74.7 Å². The molecule has 0 aromatic heterocycles. The normalized spacial score (nSPS) is 10.0. The van der Waals surface area contributed by atoms with Crippen molar-refractivity contribution in [2.75, 3.05) is 18.5 Å². The topological polar surface area (TPSA) is 20.3 Å². The number of benzene rings is 2. The fourth-order valence-corrected chi connectivity index (χ4v) is 2.65. The predicted molar refractivity (Wildman–Crippen MR) is 109 cm³/mol. The van der Waals surface area contributed by atoms with E-state index in [1.807, 2.05) is 13.8 Å². The number of rotatable bonds is 7. The summed E-state index contributed by atoms with van der Waals surface area (Å²) in [5.41, 5.74) is 6.15.